The molecule has 5 nitrogen and oxygen atoms in total. The number of carbonyl (C=O) groups excluding carboxylic acids is 1. The second-order valence-corrected chi connectivity index (χ2v) is 3.59. The van der Waals surface area contributed by atoms with Crippen molar-refractivity contribution in [3.05, 3.63) is 23.9 Å². The SMILES string of the molecule is CCn1cc2c(OC)cc(C(=O)OC)cc2n1. The molecule has 0 fully saturated rings. The van der Waals surface area contributed by atoms with Crippen molar-refractivity contribution >= 4 is 16.9 Å². The monoisotopic (exact) mass is 234 g/mol. The lowest BCUT2D eigenvalue weighted by Gasteiger charge is -2.04. The van der Waals surface area contributed by atoms with E-state index in [1.165, 1.54) is 7.11 Å². The summed E-state index contributed by atoms with van der Waals surface area (Å²) in [6, 6.07) is 3.37. The molecule has 0 saturated heterocycles. The molecule has 1 aromatic heterocycles. The Morgan fingerprint density at radius 1 is 1.41 bits per heavy atom. The molecule has 90 valence electrons. The van der Waals surface area contributed by atoms with Crippen LogP contribution >= 0.6 is 0 Å². The zero-order valence-electron chi connectivity index (χ0n) is 10.1. The van der Waals surface area contributed by atoms with E-state index in [0.29, 0.717) is 11.3 Å². The van der Waals surface area contributed by atoms with Crippen LogP contribution in [0.2, 0.25) is 0 Å². The smallest absolute Gasteiger partial charge is 0.338 e. The van der Waals surface area contributed by atoms with Crippen LogP contribution in [-0.4, -0.2) is 30.0 Å². The highest BCUT2D eigenvalue weighted by Gasteiger charge is 2.13. The molecule has 0 spiro atoms. The molecule has 0 atom stereocenters. The maximum absolute atomic E-state index is 11.5. The van der Waals surface area contributed by atoms with Crippen molar-refractivity contribution < 1.29 is 14.3 Å². The number of aromatic nitrogens is 2. The first-order valence-electron chi connectivity index (χ1n) is 5.33. The highest BCUT2D eigenvalue weighted by atomic mass is 16.5. The summed E-state index contributed by atoms with van der Waals surface area (Å²) in [6.07, 6.45) is 1.90. The Hall–Kier alpha value is -2.04. The molecule has 1 heterocycles. The van der Waals surface area contributed by atoms with Gasteiger partial charge >= 0.3 is 5.97 Å². The normalized spacial score (nSPS) is 10.5. The maximum Gasteiger partial charge on any atom is 0.338 e. The fourth-order valence-corrected chi connectivity index (χ4v) is 1.71. The molecule has 0 radical (unpaired) electrons. The van der Waals surface area contributed by atoms with E-state index in [0.717, 1.165) is 17.4 Å². The average Bonchev–Trinajstić information content (AvgIpc) is 2.79. The number of methoxy groups -OCH3 is 2. The van der Waals surface area contributed by atoms with Gasteiger partial charge in [0.15, 0.2) is 0 Å². The van der Waals surface area contributed by atoms with Gasteiger partial charge in [-0.3, -0.25) is 4.68 Å². The number of hydrogen-bond acceptors (Lipinski definition) is 4. The molecule has 0 N–H and O–H groups in total. The molecule has 2 aromatic rings. The van der Waals surface area contributed by atoms with Gasteiger partial charge in [-0.1, -0.05) is 0 Å². The van der Waals surface area contributed by atoms with Gasteiger partial charge in [0.05, 0.1) is 30.7 Å². The Morgan fingerprint density at radius 3 is 2.76 bits per heavy atom. The molecular formula is C12H14N2O3. The average molecular weight is 234 g/mol. The summed E-state index contributed by atoms with van der Waals surface area (Å²) in [5.74, 6) is 0.235. The van der Waals surface area contributed by atoms with Crippen molar-refractivity contribution in [1.29, 1.82) is 0 Å². The van der Waals surface area contributed by atoms with E-state index in [-0.39, 0.29) is 0 Å². The minimum absolute atomic E-state index is 0.392. The van der Waals surface area contributed by atoms with Crippen molar-refractivity contribution in [3.8, 4) is 5.75 Å². The summed E-state index contributed by atoms with van der Waals surface area (Å²) in [7, 11) is 2.92. The van der Waals surface area contributed by atoms with Crippen LogP contribution in [0.3, 0.4) is 0 Å². The lowest BCUT2D eigenvalue weighted by Crippen LogP contribution is -2.01. The number of carbonyl (C=O) groups is 1. The topological polar surface area (TPSA) is 53.4 Å². The van der Waals surface area contributed by atoms with E-state index in [1.54, 1.807) is 23.9 Å². The van der Waals surface area contributed by atoms with Crippen LogP contribution in [0.1, 0.15) is 17.3 Å². The third-order valence-corrected chi connectivity index (χ3v) is 2.60. The minimum atomic E-state index is -0.392. The first-order valence-corrected chi connectivity index (χ1v) is 5.33. The van der Waals surface area contributed by atoms with Crippen molar-refractivity contribution in [2.45, 2.75) is 13.5 Å². The number of aryl methyl sites for hydroxylation is 1. The van der Waals surface area contributed by atoms with Crippen LogP contribution in [0.5, 0.6) is 5.75 Å². The van der Waals surface area contributed by atoms with Crippen LogP contribution in [-0.2, 0) is 11.3 Å². The van der Waals surface area contributed by atoms with E-state index < -0.39 is 5.97 Å². The van der Waals surface area contributed by atoms with E-state index in [9.17, 15) is 4.79 Å². The summed E-state index contributed by atoms with van der Waals surface area (Å²) in [4.78, 5) is 11.5. The third kappa shape index (κ3) is 1.95. The predicted octanol–water partition coefficient (Wildman–Crippen LogP) is 1.85. The number of ether oxygens (including phenoxy) is 2. The molecule has 1 aromatic carbocycles. The van der Waals surface area contributed by atoms with E-state index in [2.05, 4.69) is 9.84 Å². The number of benzene rings is 1. The summed E-state index contributed by atoms with van der Waals surface area (Å²) in [5, 5.41) is 5.24. The number of hydrogen-bond donors (Lipinski definition) is 0. The van der Waals surface area contributed by atoms with E-state index in [4.69, 9.17) is 4.74 Å². The second kappa shape index (κ2) is 4.45. The first kappa shape index (κ1) is 11.4. The predicted molar refractivity (Wildman–Crippen MR) is 63.3 cm³/mol. The van der Waals surface area contributed by atoms with Gasteiger partial charge in [-0.05, 0) is 19.1 Å². The van der Waals surface area contributed by atoms with Gasteiger partial charge in [0.1, 0.15) is 5.75 Å². The largest absolute Gasteiger partial charge is 0.496 e. The molecule has 2 rings (SSSR count). The Balaban J connectivity index is 2.64. The maximum atomic E-state index is 11.5. The number of esters is 1. The molecular weight excluding hydrogens is 220 g/mol. The lowest BCUT2D eigenvalue weighted by atomic mass is 10.1. The highest BCUT2D eigenvalue weighted by Crippen LogP contribution is 2.27. The zero-order valence-corrected chi connectivity index (χ0v) is 10.1. The third-order valence-electron chi connectivity index (χ3n) is 2.60. The van der Waals surface area contributed by atoms with Gasteiger partial charge in [-0.2, -0.15) is 5.10 Å². The van der Waals surface area contributed by atoms with Crippen molar-refractivity contribution in [3.63, 3.8) is 0 Å². The minimum Gasteiger partial charge on any atom is -0.496 e. The number of nitrogens with zero attached hydrogens (tertiary/aromatic N) is 2. The van der Waals surface area contributed by atoms with Crippen LogP contribution in [0.4, 0.5) is 0 Å². The standard InChI is InChI=1S/C12H14N2O3/c1-4-14-7-9-10(13-14)5-8(12(15)17-3)6-11(9)16-2/h5-7H,4H2,1-3H3. The summed E-state index contributed by atoms with van der Waals surface area (Å²) in [6.45, 7) is 2.77. The Labute approximate surface area is 98.9 Å². The molecule has 0 bridgehead atoms. The van der Waals surface area contributed by atoms with Gasteiger partial charge in [-0.15, -0.1) is 0 Å². The first-order chi connectivity index (χ1) is 8.19. The van der Waals surface area contributed by atoms with Crippen LogP contribution in [0.15, 0.2) is 18.3 Å². The van der Waals surface area contributed by atoms with Gasteiger partial charge < -0.3 is 9.47 Å². The summed E-state index contributed by atoms with van der Waals surface area (Å²) in [5.41, 5.74) is 1.17. The van der Waals surface area contributed by atoms with Crippen molar-refractivity contribution in [1.82, 2.24) is 9.78 Å². The highest BCUT2D eigenvalue weighted by molar-refractivity contribution is 5.96. The second-order valence-electron chi connectivity index (χ2n) is 3.59. The molecule has 0 saturated carbocycles. The molecule has 0 unspecified atom stereocenters. The quantitative estimate of drug-likeness (QED) is 0.760. The Bertz CT molecular complexity index is 560. The molecule has 0 aliphatic heterocycles. The lowest BCUT2D eigenvalue weighted by molar-refractivity contribution is 0.0600. The van der Waals surface area contributed by atoms with E-state index in [1.807, 2.05) is 13.1 Å². The summed E-state index contributed by atoms with van der Waals surface area (Å²) < 4.78 is 11.7. The fourth-order valence-electron chi connectivity index (χ4n) is 1.71. The molecule has 5 heteroatoms. The molecule has 17 heavy (non-hydrogen) atoms. The van der Waals surface area contributed by atoms with Crippen LogP contribution in [0, 0.1) is 0 Å². The molecule has 0 aliphatic rings. The van der Waals surface area contributed by atoms with Crippen molar-refractivity contribution in [2.75, 3.05) is 14.2 Å². The Morgan fingerprint density at radius 2 is 2.18 bits per heavy atom. The number of rotatable bonds is 3. The van der Waals surface area contributed by atoms with Crippen molar-refractivity contribution in [2.24, 2.45) is 0 Å². The number of fused-ring (bicyclic) bond motifs is 1. The Kier molecular flexibility index (Phi) is 2.99. The van der Waals surface area contributed by atoms with Gasteiger partial charge in [-0.25, -0.2) is 4.79 Å². The van der Waals surface area contributed by atoms with Gasteiger partial charge in [0.2, 0.25) is 0 Å². The van der Waals surface area contributed by atoms with Gasteiger partial charge in [0.25, 0.3) is 0 Å². The summed E-state index contributed by atoms with van der Waals surface area (Å²) >= 11 is 0. The van der Waals surface area contributed by atoms with Crippen LogP contribution < -0.4 is 4.74 Å². The zero-order chi connectivity index (χ0) is 12.4. The van der Waals surface area contributed by atoms with Crippen LogP contribution in [0.25, 0.3) is 10.9 Å². The van der Waals surface area contributed by atoms with E-state index >= 15 is 0 Å². The fraction of sp³-hybridized carbons (Fsp3) is 0.333. The van der Waals surface area contributed by atoms with Gasteiger partial charge in [0, 0.05) is 12.7 Å². The molecule has 0 aliphatic carbocycles. The molecule has 0 amide bonds.